The van der Waals surface area contributed by atoms with Crippen molar-refractivity contribution >= 4 is 17.5 Å². The van der Waals surface area contributed by atoms with Crippen LogP contribution in [0.4, 0.5) is 10.1 Å². The highest BCUT2D eigenvalue weighted by molar-refractivity contribution is 6.04. The highest BCUT2D eigenvalue weighted by atomic mass is 19.1. The summed E-state index contributed by atoms with van der Waals surface area (Å²) in [6.07, 6.45) is 0.166. The van der Waals surface area contributed by atoms with Crippen molar-refractivity contribution in [2.24, 2.45) is 5.92 Å². The molecule has 0 saturated carbocycles. The summed E-state index contributed by atoms with van der Waals surface area (Å²) in [5, 5.41) is 0. The van der Waals surface area contributed by atoms with Crippen LogP contribution in [0, 0.1) is 11.7 Å². The Morgan fingerprint density at radius 1 is 1.11 bits per heavy atom. The Hall–Kier alpha value is -2.97. The number of amides is 2. The van der Waals surface area contributed by atoms with Gasteiger partial charge in [-0.15, -0.1) is 0 Å². The average Bonchev–Trinajstić information content (AvgIpc) is 2.86. The topological polar surface area (TPSA) is 62.3 Å². The monoisotopic (exact) mass is 483 g/mol. The van der Waals surface area contributed by atoms with Crippen LogP contribution in [0.1, 0.15) is 25.8 Å². The first-order chi connectivity index (χ1) is 16.9. The zero-order valence-electron chi connectivity index (χ0n) is 20.5. The summed E-state index contributed by atoms with van der Waals surface area (Å²) in [6, 6.07) is 13.5. The van der Waals surface area contributed by atoms with E-state index in [4.69, 9.17) is 9.47 Å². The Labute approximate surface area is 206 Å². The van der Waals surface area contributed by atoms with Gasteiger partial charge in [-0.05, 0) is 42.2 Å². The van der Waals surface area contributed by atoms with E-state index in [1.807, 2.05) is 32.0 Å². The standard InChI is InChI=1S/C27H34FN3O4/c1-20(2)26-27(33)31(23-6-3-4-7-24(23)35-26)19-25(32)30(18-21-8-10-22(28)11-9-21)13-5-12-29-14-16-34-17-15-29/h3-4,6-11,20,26H,5,12-19H2,1-2H3/t26-/m0/s1. The number of ether oxygens (including phenoxy) is 2. The molecule has 0 aromatic heterocycles. The number of benzene rings is 2. The van der Waals surface area contributed by atoms with Gasteiger partial charge in [0, 0.05) is 32.7 Å². The molecule has 0 aliphatic carbocycles. The molecule has 0 radical (unpaired) electrons. The Balaban J connectivity index is 1.49. The predicted molar refractivity (Wildman–Crippen MR) is 132 cm³/mol. The van der Waals surface area contributed by atoms with E-state index in [2.05, 4.69) is 4.90 Å². The normalized spacial score (nSPS) is 18.3. The third kappa shape index (κ3) is 6.38. The minimum Gasteiger partial charge on any atom is -0.478 e. The Morgan fingerprint density at radius 2 is 1.83 bits per heavy atom. The second kappa shape index (κ2) is 11.6. The molecule has 1 atom stereocenters. The fourth-order valence-electron chi connectivity index (χ4n) is 4.47. The van der Waals surface area contributed by atoms with Gasteiger partial charge in [-0.2, -0.15) is 0 Å². The molecule has 0 unspecified atom stereocenters. The third-order valence-electron chi connectivity index (χ3n) is 6.46. The summed E-state index contributed by atoms with van der Waals surface area (Å²) < 4.78 is 24.8. The maximum Gasteiger partial charge on any atom is 0.268 e. The van der Waals surface area contributed by atoms with Crippen LogP contribution in [-0.4, -0.2) is 73.7 Å². The fraction of sp³-hybridized carbons (Fsp3) is 0.481. The first-order valence-electron chi connectivity index (χ1n) is 12.3. The van der Waals surface area contributed by atoms with Crippen LogP contribution < -0.4 is 9.64 Å². The van der Waals surface area contributed by atoms with E-state index in [1.54, 1.807) is 28.0 Å². The lowest BCUT2D eigenvalue weighted by Crippen LogP contribution is -2.52. The van der Waals surface area contributed by atoms with E-state index in [9.17, 15) is 14.0 Å². The van der Waals surface area contributed by atoms with Gasteiger partial charge in [0.15, 0.2) is 6.10 Å². The number of fused-ring (bicyclic) bond motifs is 1. The van der Waals surface area contributed by atoms with Crippen LogP contribution in [0.5, 0.6) is 5.75 Å². The van der Waals surface area contributed by atoms with Crippen molar-refractivity contribution in [3.05, 3.63) is 59.9 Å². The predicted octanol–water partition coefficient (Wildman–Crippen LogP) is 3.33. The van der Waals surface area contributed by atoms with Gasteiger partial charge in [0.1, 0.15) is 18.1 Å². The molecule has 2 heterocycles. The lowest BCUT2D eigenvalue weighted by Gasteiger charge is -2.36. The maximum absolute atomic E-state index is 13.6. The summed E-state index contributed by atoms with van der Waals surface area (Å²) >= 11 is 0. The maximum atomic E-state index is 13.6. The lowest BCUT2D eigenvalue weighted by molar-refractivity contribution is -0.134. The van der Waals surface area contributed by atoms with Gasteiger partial charge in [0.05, 0.1) is 18.9 Å². The molecule has 35 heavy (non-hydrogen) atoms. The van der Waals surface area contributed by atoms with Crippen LogP contribution in [-0.2, 0) is 20.9 Å². The Bertz CT molecular complexity index is 1010. The molecule has 2 aliphatic heterocycles. The zero-order valence-corrected chi connectivity index (χ0v) is 20.5. The number of rotatable bonds is 9. The Kier molecular flexibility index (Phi) is 8.36. The molecule has 2 aromatic rings. The largest absolute Gasteiger partial charge is 0.478 e. The van der Waals surface area contributed by atoms with Crippen LogP contribution in [0.15, 0.2) is 48.5 Å². The van der Waals surface area contributed by atoms with Gasteiger partial charge in [-0.3, -0.25) is 19.4 Å². The minimum atomic E-state index is -0.635. The summed E-state index contributed by atoms with van der Waals surface area (Å²) in [6.45, 7) is 8.81. The quantitative estimate of drug-likeness (QED) is 0.548. The first kappa shape index (κ1) is 25.1. The highest BCUT2D eigenvalue weighted by Crippen LogP contribution is 2.35. The summed E-state index contributed by atoms with van der Waals surface area (Å²) in [4.78, 5) is 32.5. The number of hydrogen-bond acceptors (Lipinski definition) is 5. The third-order valence-corrected chi connectivity index (χ3v) is 6.46. The molecule has 0 spiro atoms. The molecule has 188 valence electrons. The second-order valence-corrected chi connectivity index (χ2v) is 9.42. The first-order valence-corrected chi connectivity index (χ1v) is 12.3. The van der Waals surface area contributed by atoms with Gasteiger partial charge in [-0.1, -0.05) is 38.1 Å². The van der Waals surface area contributed by atoms with Crippen LogP contribution in [0.3, 0.4) is 0 Å². The van der Waals surface area contributed by atoms with Gasteiger partial charge < -0.3 is 14.4 Å². The fourth-order valence-corrected chi connectivity index (χ4v) is 4.47. The highest BCUT2D eigenvalue weighted by Gasteiger charge is 2.37. The molecule has 0 bridgehead atoms. The van der Waals surface area contributed by atoms with Crippen molar-refractivity contribution in [2.45, 2.75) is 32.9 Å². The minimum absolute atomic E-state index is 0.0303. The van der Waals surface area contributed by atoms with Gasteiger partial charge >= 0.3 is 0 Å². The van der Waals surface area contributed by atoms with Crippen molar-refractivity contribution in [1.82, 2.24) is 9.80 Å². The number of carbonyl (C=O) groups is 2. The number of nitrogens with zero attached hydrogens (tertiary/aromatic N) is 3. The lowest BCUT2D eigenvalue weighted by atomic mass is 10.0. The SMILES string of the molecule is CC(C)[C@@H]1Oc2ccccc2N(CC(=O)N(CCCN2CCOCC2)Cc2ccc(F)cc2)C1=O. The van der Waals surface area contributed by atoms with Crippen LogP contribution >= 0.6 is 0 Å². The molecule has 2 amide bonds. The Morgan fingerprint density at radius 3 is 2.54 bits per heavy atom. The van der Waals surface area contributed by atoms with Crippen molar-refractivity contribution in [3.63, 3.8) is 0 Å². The van der Waals surface area contributed by atoms with Gasteiger partial charge in [0.25, 0.3) is 5.91 Å². The van der Waals surface area contributed by atoms with Gasteiger partial charge in [0.2, 0.25) is 5.91 Å². The smallest absolute Gasteiger partial charge is 0.268 e. The van der Waals surface area contributed by atoms with Crippen LogP contribution in [0.2, 0.25) is 0 Å². The van der Waals surface area contributed by atoms with Crippen molar-refractivity contribution in [1.29, 1.82) is 0 Å². The number of anilines is 1. The summed E-state index contributed by atoms with van der Waals surface area (Å²) in [7, 11) is 0. The number of morpholine rings is 1. The average molecular weight is 484 g/mol. The molecule has 2 aliphatic rings. The molecule has 7 nitrogen and oxygen atoms in total. The van der Waals surface area contributed by atoms with Crippen molar-refractivity contribution < 1.29 is 23.5 Å². The van der Waals surface area contributed by atoms with E-state index in [-0.39, 0.29) is 30.1 Å². The molecule has 8 heteroatoms. The number of hydrogen-bond donors (Lipinski definition) is 0. The molecule has 2 aromatic carbocycles. The van der Waals surface area contributed by atoms with Crippen LogP contribution in [0.25, 0.3) is 0 Å². The zero-order chi connectivity index (χ0) is 24.8. The van der Waals surface area contributed by atoms with E-state index < -0.39 is 6.10 Å². The number of halogens is 1. The molecular weight excluding hydrogens is 449 g/mol. The number of carbonyl (C=O) groups excluding carboxylic acids is 2. The van der Waals surface area contributed by atoms with E-state index >= 15 is 0 Å². The van der Waals surface area contributed by atoms with E-state index in [1.165, 1.54) is 12.1 Å². The summed E-state index contributed by atoms with van der Waals surface area (Å²) in [5.41, 5.74) is 1.46. The molecular formula is C27H34FN3O4. The molecule has 4 rings (SSSR count). The van der Waals surface area contributed by atoms with Crippen molar-refractivity contribution in [2.75, 3.05) is 50.8 Å². The molecule has 0 N–H and O–H groups in total. The van der Waals surface area contributed by atoms with Crippen molar-refractivity contribution in [3.8, 4) is 5.75 Å². The molecule has 1 saturated heterocycles. The molecule has 1 fully saturated rings. The van der Waals surface area contributed by atoms with Gasteiger partial charge in [-0.25, -0.2) is 4.39 Å². The number of para-hydroxylation sites is 2. The van der Waals surface area contributed by atoms with E-state index in [0.717, 1.165) is 44.8 Å². The summed E-state index contributed by atoms with van der Waals surface area (Å²) in [5.74, 6) is -0.0894. The second-order valence-electron chi connectivity index (χ2n) is 9.42. The van der Waals surface area contributed by atoms with E-state index in [0.29, 0.717) is 24.5 Å².